The molecule has 0 bridgehead atoms. The molecule has 3 nitrogen and oxygen atoms in total. The first-order valence-electron chi connectivity index (χ1n) is 3.36. The largest absolute Gasteiger partial charge is 0.263 e. The van der Waals surface area contributed by atoms with Crippen molar-refractivity contribution in [3.05, 3.63) is 23.8 Å². The molecule has 0 fully saturated rings. The summed E-state index contributed by atoms with van der Waals surface area (Å²) in [7, 11) is 0. The maximum Gasteiger partial charge on any atom is 0.263 e. The average molecular weight is 169 g/mol. The molecule has 0 radical (unpaired) electrons. The molecule has 5 heteroatoms. The van der Waals surface area contributed by atoms with E-state index in [-0.39, 0.29) is 5.56 Å². The lowest BCUT2D eigenvalue weighted by atomic mass is 10.2. The zero-order chi connectivity index (χ0) is 8.55. The van der Waals surface area contributed by atoms with Crippen LogP contribution in [0.2, 0.25) is 0 Å². The molecule has 0 saturated carbocycles. The molecule has 2 rings (SSSR count). The molecular formula is C7H5F2N3. The summed E-state index contributed by atoms with van der Waals surface area (Å²) in [5.74, 6) is 0. The Hall–Kier alpha value is -1.52. The van der Waals surface area contributed by atoms with Crippen LogP contribution in [0.25, 0.3) is 11.0 Å². The highest BCUT2D eigenvalue weighted by Crippen LogP contribution is 2.21. The second kappa shape index (κ2) is 2.51. The van der Waals surface area contributed by atoms with Crippen molar-refractivity contribution in [1.29, 1.82) is 0 Å². The van der Waals surface area contributed by atoms with Gasteiger partial charge in [0, 0.05) is 5.56 Å². The first-order valence-corrected chi connectivity index (χ1v) is 3.36. The number of nitrogens with one attached hydrogen (secondary N) is 1. The average Bonchev–Trinajstić information content (AvgIpc) is 2.49. The molecule has 0 aliphatic heterocycles. The molecule has 1 aromatic carbocycles. The molecule has 1 heterocycles. The summed E-state index contributed by atoms with van der Waals surface area (Å²) < 4.78 is 24.3. The van der Waals surface area contributed by atoms with E-state index in [0.717, 1.165) is 0 Å². The van der Waals surface area contributed by atoms with E-state index in [1.807, 2.05) is 0 Å². The smallest absolute Gasteiger partial charge is 0.258 e. The SMILES string of the molecule is FC(F)c1ccc2[nH]nnc2c1. The Bertz CT molecular complexity index is 396. The highest BCUT2D eigenvalue weighted by Gasteiger charge is 2.07. The van der Waals surface area contributed by atoms with Crippen molar-refractivity contribution in [3.8, 4) is 0 Å². The summed E-state index contributed by atoms with van der Waals surface area (Å²) in [6.07, 6.45) is -2.45. The zero-order valence-corrected chi connectivity index (χ0v) is 5.96. The molecular weight excluding hydrogens is 164 g/mol. The van der Waals surface area contributed by atoms with Gasteiger partial charge in [-0.2, -0.15) is 0 Å². The molecule has 0 spiro atoms. The van der Waals surface area contributed by atoms with Crippen LogP contribution in [0.1, 0.15) is 12.0 Å². The summed E-state index contributed by atoms with van der Waals surface area (Å²) in [5.41, 5.74) is 1.10. The molecule has 0 saturated heterocycles. The van der Waals surface area contributed by atoms with Gasteiger partial charge in [-0.05, 0) is 12.1 Å². The lowest BCUT2D eigenvalue weighted by molar-refractivity contribution is 0.151. The first-order chi connectivity index (χ1) is 5.77. The number of nitrogens with zero attached hydrogens (tertiary/aromatic N) is 2. The third kappa shape index (κ3) is 1.03. The van der Waals surface area contributed by atoms with Crippen LogP contribution in [0.15, 0.2) is 18.2 Å². The molecule has 1 N–H and O–H groups in total. The molecule has 0 unspecified atom stereocenters. The van der Waals surface area contributed by atoms with E-state index < -0.39 is 6.43 Å². The first kappa shape index (κ1) is 7.15. The minimum Gasteiger partial charge on any atom is -0.258 e. The van der Waals surface area contributed by atoms with Crippen LogP contribution < -0.4 is 0 Å². The quantitative estimate of drug-likeness (QED) is 0.708. The van der Waals surface area contributed by atoms with Crippen molar-refractivity contribution in [1.82, 2.24) is 15.4 Å². The number of H-pyrrole nitrogens is 1. The highest BCUT2D eigenvalue weighted by atomic mass is 19.3. The molecule has 2 aromatic rings. The Balaban J connectivity index is 2.60. The number of hydrogen-bond acceptors (Lipinski definition) is 2. The molecule has 62 valence electrons. The summed E-state index contributed by atoms with van der Waals surface area (Å²) in [6, 6.07) is 4.22. The van der Waals surface area contributed by atoms with Gasteiger partial charge < -0.3 is 0 Å². The molecule has 0 aliphatic carbocycles. The van der Waals surface area contributed by atoms with Crippen LogP contribution in [0, 0.1) is 0 Å². The maximum atomic E-state index is 12.1. The van der Waals surface area contributed by atoms with Crippen LogP contribution in [0.3, 0.4) is 0 Å². The molecule has 0 aliphatic rings. The third-order valence-electron chi connectivity index (χ3n) is 1.60. The fraction of sp³-hybridized carbons (Fsp3) is 0.143. The van der Waals surface area contributed by atoms with Gasteiger partial charge in [0.2, 0.25) is 0 Å². The second-order valence-electron chi connectivity index (χ2n) is 2.39. The minimum atomic E-state index is -2.45. The number of aromatic amines is 1. The fourth-order valence-electron chi connectivity index (χ4n) is 0.994. The lowest BCUT2D eigenvalue weighted by Crippen LogP contribution is -1.82. The van der Waals surface area contributed by atoms with Gasteiger partial charge in [-0.1, -0.05) is 11.3 Å². The van der Waals surface area contributed by atoms with Crippen molar-refractivity contribution in [2.45, 2.75) is 6.43 Å². The standard InChI is InChI=1S/C7H5F2N3/c8-7(9)4-1-2-5-6(3-4)11-12-10-5/h1-3,7H,(H,10,11,12). The van der Waals surface area contributed by atoms with Crippen molar-refractivity contribution in [2.24, 2.45) is 0 Å². The van der Waals surface area contributed by atoms with Gasteiger partial charge in [-0.3, -0.25) is 5.10 Å². The van der Waals surface area contributed by atoms with Crippen LogP contribution in [0.5, 0.6) is 0 Å². The second-order valence-corrected chi connectivity index (χ2v) is 2.39. The predicted octanol–water partition coefficient (Wildman–Crippen LogP) is 1.90. The number of alkyl halides is 2. The number of aromatic nitrogens is 3. The lowest BCUT2D eigenvalue weighted by Gasteiger charge is -1.96. The van der Waals surface area contributed by atoms with Gasteiger partial charge in [-0.15, -0.1) is 5.10 Å². The minimum absolute atomic E-state index is 0.0311. The van der Waals surface area contributed by atoms with Gasteiger partial charge >= 0.3 is 0 Å². The van der Waals surface area contributed by atoms with Crippen LogP contribution in [0.4, 0.5) is 8.78 Å². The van der Waals surface area contributed by atoms with Crippen molar-refractivity contribution in [3.63, 3.8) is 0 Å². The topological polar surface area (TPSA) is 41.6 Å². The third-order valence-corrected chi connectivity index (χ3v) is 1.60. The van der Waals surface area contributed by atoms with Crippen LogP contribution in [-0.4, -0.2) is 15.4 Å². The Morgan fingerprint density at radius 1 is 1.33 bits per heavy atom. The Kier molecular flexibility index (Phi) is 1.49. The van der Waals surface area contributed by atoms with E-state index >= 15 is 0 Å². The van der Waals surface area contributed by atoms with E-state index in [2.05, 4.69) is 15.4 Å². The molecule has 1 aromatic heterocycles. The summed E-state index contributed by atoms with van der Waals surface area (Å²) in [4.78, 5) is 0. The van der Waals surface area contributed by atoms with Crippen molar-refractivity contribution < 1.29 is 8.78 Å². The summed E-state index contributed by atoms with van der Waals surface area (Å²) in [6.45, 7) is 0. The highest BCUT2D eigenvalue weighted by molar-refractivity contribution is 5.74. The number of rotatable bonds is 1. The maximum absolute atomic E-state index is 12.1. The predicted molar refractivity (Wildman–Crippen MR) is 38.8 cm³/mol. The number of halogens is 2. The Labute approximate surface area is 66.4 Å². The van der Waals surface area contributed by atoms with E-state index in [1.165, 1.54) is 18.2 Å². The van der Waals surface area contributed by atoms with Crippen molar-refractivity contribution in [2.75, 3.05) is 0 Å². The molecule has 12 heavy (non-hydrogen) atoms. The van der Waals surface area contributed by atoms with Crippen LogP contribution in [-0.2, 0) is 0 Å². The normalized spacial score (nSPS) is 11.2. The van der Waals surface area contributed by atoms with Gasteiger partial charge in [0.1, 0.15) is 5.52 Å². The Morgan fingerprint density at radius 3 is 2.92 bits per heavy atom. The molecule has 0 atom stereocenters. The Morgan fingerprint density at radius 2 is 2.17 bits per heavy atom. The monoisotopic (exact) mass is 169 g/mol. The summed E-state index contributed by atoms with van der Waals surface area (Å²) in [5, 5.41) is 9.68. The fourth-order valence-corrected chi connectivity index (χ4v) is 0.994. The number of hydrogen-bond donors (Lipinski definition) is 1. The van der Waals surface area contributed by atoms with Crippen LogP contribution >= 0.6 is 0 Å². The van der Waals surface area contributed by atoms with Gasteiger partial charge in [0.25, 0.3) is 6.43 Å². The van der Waals surface area contributed by atoms with Gasteiger partial charge in [0.15, 0.2) is 0 Å². The molecule has 0 amide bonds. The zero-order valence-electron chi connectivity index (χ0n) is 5.96. The van der Waals surface area contributed by atoms with E-state index in [4.69, 9.17) is 0 Å². The summed E-state index contributed by atoms with van der Waals surface area (Å²) >= 11 is 0. The van der Waals surface area contributed by atoms with Gasteiger partial charge in [0.05, 0.1) is 5.52 Å². The van der Waals surface area contributed by atoms with E-state index in [9.17, 15) is 8.78 Å². The van der Waals surface area contributed by atoms with E-state index in [0.29, 0.717) is 11.0 Å². The number of fused-ring (bicyclic) bond motifs is 1. The number of benzene rings is 1. The van der Waals surface area contributed by atoms with Gasteiger partial charge in [-0.25, -0.2) is 8.78 Å². The van der Waals surface area contributed by atoms with E-state index in [1.54, 1.807) is 0 Å². The van der Waals surface area contributed by atoms with Crippen molar-refractivity contribution >= 4 is 11.0 Å².